The SMILES string of the molecule is C[C@@H]1CNCCN1c1ccnn2c(-c3cc[nH]n3)ncc12. The van der Waals surface area contributed by atoms with E-state index in [1.807, 2.05) is 23.0 Å². The highest BCUT2D eigenvalue weighted by Crippen LogP contribution is 2.26. The predicted molar refractivity (Wildman–Crippen MR) is 80.2 cm³/mol. The van der Waals surface area contributed by atoms with Crippen LogP contribution >= 0.6 is 0 Å². The van der Waals surface area contributed by atoms with Gasteiger partial charge in [0, 0.05) is 31.9 Å². The third-order valence-electron chi connectivity index (χ3n) is 3.96. The smallest absolute Gasteiger partial charge is 0.182 e. The summed E-state index contributed by atoms with van der Waals surface area (Å²) in [4.78, 5) is 6.90. The molecule has 3 aromatic rings. The van der Waals surface area contributed by atoms with Crippen LogP contribution in [0.1, 0.15) is 6.92 Å². The van der Waals surface area contributed by atoms with Gasteiger partial charge in [0.1, 0.15) is 11.2 Å². The number of hydrogen-bond donors (Lipinski definition) is 2. The molecule has 0 unspecified atom stereocenters. The second-order valence-corrected chi connectivity index (χ2v) is 5.30. The van der Waals surface area contributed by atoms with E-state index in [4.69, 9.17) is 0 Å². The highest BCUT2D eigenvalue weighted by molar-refractivity contribution is 5.75. The van der Waals surface area contributed by atoms with Crippen LogP contribution in [0.3, 0.4) is 0 Å². The molecule has 0 radical (unpaired) electrons. The lowest BCUT2D eigenvalue weighted by Crippen LogP contribution is -2.50. The summed E-state index contributed by atoms with van der Waals surface area (Å²) < 4.78 is 1.86. The second kappa shape index (κ2) is 4.85. The molecule has 108 valence electrons. The van der Waals surface area contributed by atoms with Crippen molar-refractivity contribution < 1.29 is 0 Å². The summed E-state index contributed by atoms with van der Waals surface area (Å²) in [5.74, 6) is 0.760. The van der Waals surface area contributed by atoms with Gasteiger partial charge in [-0.3, -0.25) is 5.10 Å². The summed E-state index contributed by atoms with van der Waals surface area (Å²) >= 11 is 0. The fourth-order valence-electron chi connectivity index (χ4n) is 2.89. The van der Waals surface area contributed by atoms with Crippen molar-refractivity contribution in [2.45, 2.75) is 13.0 Å². The third-order valence-corrected chi connectivity index (χ3v) is 3.96. The first-order valence-corrected chi connectivity index (χ1v) is 7.15. The summed E-state index contributed by atoms with van der Waals surface area (Å²) in [5.41, 5.74) is 2.99. The number of fused-ring (bicyclic) bond motifs is 1. The lowest BCUT2D eigenvalue weighted by atomic mass is 10.2. The quantitative estimate of drug-likeness (QED) is 0.731. The topological polar surface area (TPSA) is 74.1 Å². The van der Waals surface area contributed by atoms with Crippen molar-refractivity contribution in [3.8, 4) is 11.5 Å². The zero-order valence-corrected chi connectivity index (χ0v) is 11.8. The van der Waals surface area contributed by atoms with Crippen LogP contribution in [0, 0.1) is 0 Å². The molecule has 7 nitrogen and oxygen atoms in total. The van der Waals surface area contributed by atoms with E-state index < -0.39 is 0 Å². The van der Waals surface area contributed by atoms with E-state index in [-0.39, 0.29) is 0 Å². The predicted octanol–water partition coefficient (Wildman–Crippen LogP) is 0.917. The monoisotopic (exact) mass is 283 g/mol. The number of aromatic amines is 1. The molecule has 0 spiro atoms. The number of piperazine rings is 1. The Hall–Kier alpha value is -2.41. The highest BCUT2D eigenvalue weighted by Gasteiger charge is 2.21. The van der Waals surface area contributed by atoms with Crippen molar-refractivity contribution in [2.75, 3.05) is 24.5 Å². The van der Waals surface area contributed by atoms with Crippen molar-refractivity contribution >= 4 is 11.2 Å². The lowest BCUT2D eigenvalue weighted by Gasteiger charge is -2.36. The Morgan fingerprint density at radius 2 is 2.29 bits per heavy atom. The minimum absolute atomic E-state index is 0.452. The molecule has 7 heteroatoms. The molecule has 0 saturated carbocycles. The summed E-state index contributed by atoms with van der Waals surface area (Å²) in [6.45, 7) is 5.21. The fourth-order valence-corrected chi connectivity index (χ4v) is 2.89. The maximum absolute atomic E-state index is 4.49. The zero-order chi connectivity index (χ0) is 14.2. The van der Waals surface area contributed by atoms with Crippen LogP contribution in [0.15, 0.2) is 30.7 Å². The molecule has 1 fully saturated rings. The minimum Gasteiger partial charge on any atom is -0.364 e. The lowest BCUT2D eigenvalue weighted by molar-refractivity contribution is 0.501. The number of aromatic nitrogens is 5. The maximum Gasteiger partial charge on any atom is 0.182 e. The molecule has 4 rings (SSSR count). The fraction of sp³-hybridized carbons (Fsp3) is 0.357. The molecule has 1 atom stereocenters. The number of nitrogens with one attached hydrogen (secondary N) is 2. The van der Waals surface area contributed by atoms with Gasteiger partial charge >= 0.3 is 0 Å². The van der Waals surface area contributed by atoms with Crippen LogP contribution < -0.4 is 10.2 Å². The van der Waals surface area contributed by atoms with Gasteiger partial charge in [0.15, 0.2) is 5.82 Å². The Kier molecular flexibility index (Phi) is 2.85. The Morgan fingerprint density at radius 3 is 3.10 bits per heavy atom. The van der Waals surface area contributed by atoms with Gasteiger partial charge in [-0.1, -0.05) is 0 Å². The van der Waals surface area contributed by atoms with E-state index in [0.29, 0.717) is 6.04 Å². The molecule has 2 N–H and O–H groups in total. The van der Waals surface area contributed by atoms with E-state index in [1.54, 1.807) is 6.20 Å². The molecule has 1 aliphatic rings. The largest absolute Gasteiger partial charge is 0.364 e. The molecule has 3 aromatic heterocycles. The molecule has 1 saturated heterocycles. The van der Waals surface area contributed by atoms with E-state index >= 15 is 0 Å². The molecular weight excluding hydrogens is 266 g/mol. The molecule has 0 aliphatic carbocycles. The van der Waals surface area contributed by atoms with Crippen molar-refractivity contribution in [1.82, 2.24) is 30.1 Å². The van der Waals surface area contributed by atoms with Gasteiger partial charge in [-0.25, -0.2) is 9.50 Å². The first-order valence-electron chi connectivity index (χ1n) is 7.15. The van der Waals surface area contributed by atoms with E-state index in [1.165, 1.54) is 5.69 Å². The first kappa shape index (κ1) is 12.3. The van der Waals surface area contributed by atoms with E-state index in [2.05, 4.69) is 43.5 Å². The van der Waals surface area contributed by atoms with Crippen LogP contribution in [0.5, 0.6) is 0 Å². The number of H-pyrrole nitrogens is 1. The van der Waals surface area contributed by atoms with Gasteiger partial charge in [-0.05, 0) is 19.1 Å². The number of rotatable bonds is 2. The third kappa shape index (κ3) is 1.97. The maximum atomic E-state index is 4.49. The zero-order valence-electron chi connectivity index (χ0n) is 11.8. The van der Waals surface area contributed by atoms with Gasteiger partial charge in [-0.2, -0.15) is 10.2 Å². The van der Waals surface area contributed by atoms with Crippen LogP contribution in [-0.2, 0) is 0 Å². The number of imidazole rings is 1. The Morgan fingerprint density at radius 1 is 1.33 bits per heavy atom. The Labute approximate surface area is 122 Å². The molecule has 0 aromatic carbocycles. The van der Waals surface area contributed by atoms with Crippen molar-refractivity contribution in [3.05, 3.63) is 30.7 Å². The van der Waals surface area contributed by atoms with Crippen molar-refractivity contribution in [3.63, 3.8) is 0 Å². The minimum atomic E-state index is 0.452. The summed E-state index contributed by atoms with van der Waals surface area (Å²) in [6.07, 6.45) is 5.49. The van der Waals surface area contributed by atoms with E-state index in [0.717, 1.165) is 36.7 Å². The van der Waals surface area contributed by atoms with Crippen LogP contribution in [0.2, 0.25) is 0 Å². The van der Waals surface area contributed by atoms with Crippen LogP contribution in [-0.4, -0.2) is 50.5 Å². The summed E-state index contributed by atoms with van der Waals surface area (Å²) in [6, 6.07) is 4.41. The van der Waals surface area contributed by atoms with Gasteiger partial charge in [-0.15, -0.1) is 0 Å². The molecule has 0 bridgehead atoms. The summed E-state index contributed by atoms with van der Waals surface area (Å²) in [7, 11) is 0. The Bertz CT molecular complexity index is 746. The molecule has 4 heterocycles. The number of anilines is 1. The Balaban J connectivity index is 1.84. The molecule has 21 heavy (non-hydrogen) atoms. The van der Waals surface area contributed by atoms with Crippen molar-refractivity contribution in [2.24, 2.45) is 0 Å². The van der Waals surface area contributed by atoms with Crippen LogP contribution in [0.25, 0.3) is 17.0 Å². The molecular formula is C14H17N7. The van der Waals surface area contributed by atoms with Gasteiger partial charge < -0.3 is 10.2 Å². The van der Waals surface area contributed by atoms with Gasteiger partial charge in [0.2, 0.25) is 0 Å². The number of hydrogen-bond acceptors (Lipinski definition) is 5. The number of nitrogens with zero attached hydrogens (tertiary/aromatic N) is 5. The van der Waals surface area contributed by atoms with Crippen LogP contribution in [0.4, 0.5) is 5.69 Å². The second-order valence-electron chi connectivity index (χ2n) is 5.30. The van der Waals surface area contributed by atoms with Gasteiger partial charge in [0.05, 0.1) is 18.1 Å². The summed E-state index contributed by atoms with van der Waals surface area (Å²) in [5, 5.41) is 14.9. The standard InChI is InChI=1S/C14H17N7/c1-10-8-15-6-7-20(10)12-3-5-18-21-13(12)9-16-14(21)11-2-4-17-19-11/h2-5,9-10,15H,6-8H2,1H3,(H,17,19)/t10-/m1/s1. The first-order chi connectivity index (χ1) is 10.3. The molecule has 1 aliphatic heterocycles. The highest BCUT2D eigenvalue weighted by atomic mass is 15.3. The normalized spacial score (nSPS) is 19.3. The van der Waals surface area contributed by atoms with E-state index in [9.17, 15) is 0 Å². The average Bonchev–Trinajstić information content (AvgIpc) is 3.16. The van der Waals surface area contributed by atoms with Crippen molar-refractivity contribution in [1.29, 1.82) is 0 Å². The van der Waals surface area contributed by atoms with Gasteiger partial charge in [0.25, 0.3) is 0 Å². The molecule has 0 amide bonds. The average molecular weight is 283 g/mol.